The van der Waals surface area contributed by atoms with Gasteiger partial charge in [-0.3, -0.25) is 4.79 Å². The monoisotopic (exact) mass is 469 g/mol. The number of hydrogen-bond acceptors (Lipinski definition) is 5. The van der Waals surface area contributed by atoms with E-state index in [-0.39, 0.29) is 27.9 Å². The molecule has 3 aromatic heterocycles. The third-order valence-electron chi connectivity index (χ3n) is 5.61. The van der Waals surface area contributed by atoms with Gasteiger partial charge in [0.1, 0.15) is 23.1 Å². The number of nitrogen functional groups attached to an aromatic ring is 1. The van der Waals surface area contributed by atoms with Crippen LogP contribution in [-0.4, -0.2) is 52.1 Å². The molecule has 0 atom stereocenters. The molecule has 10 heteroatoms. The van der Waals surface area contributed by atoms with Crippen molar-refractivity contribution in [1.29, 1.82) is 0 Å². The average molecular weight is 470 g/mol. The number of anilines is 1. The molecule has 1 fully saturated rings. The van der Waals surface area contributed by atoms with E-state index >= 15 is 0 Å². The van der Waals surface area contributed by atoms with Crippen molar-refractivity contribution in [2.24, 2.45) is 0 Å². The van der Waals surface area contributed by atoms with Crippen LogP contribution >= 0.6 is 11.6 Å². The van der Waals surface area contributed by atoms with Crippen molar-refractivity contribution in [1.82, 2.24) is 19.9 Å². The quantitative estimate of drug-likeness (QED) is 0.467. The molecule has 0 aliphatic carbocycles. The first-order valence-electron chi connectivity index (χ1n) is 10.2. The van der Waals surface area contributed by atoms with Crippen molar-refractivity contribution in [3.8, 4) is 22.3 Å². The number of halogens is 3. The van der Waals surface area contributed by atoms with Gasteiger partial charge >= 0.3 is 0 Å². The third-order valence-corrected chi connectivity index (χ3v) is 6.01. The highest BCUT2D eigenvalue weighted by Crippen LogP contribution is 2.39. The van der Waals surface area contributed by atoms with E-state index in [1.807, 2.05) is 0 Å². The lowest BCUT2D eigenvalue weighted by Gasteiger charge is -2.27. The van der Waals surface area contributed by atoms with E-state index in [2.05, 4.69) is 15.0 Å². The van der Waals surface area contributed by atoms with E-state index in [1.54, 1.807) is 11.0 Å². The molecule has 33 heavy (non-hydrogen) atoms. The molecule has 5 rings (SSSR count). The Bertz CT molecular complexity index is 1390. The summed E-state index contributed by atoms with van der Waals surface area (Å²) in [5.41, 5.74) is 8.08. The van der Waals surface area contributed by atoms with Crippen LogP contribution in [0, 0.1) is 11.6 Å². The van der Waals surface area contributed by atoms with Crippen LogP contribution in [-0.2, 0) is 4.74 Å². The number of nitrogens with two attached hydrogens (primary N) is 1. The lowest BCUT2D eigenvalue weighted by molar-refractivity contribution is 0.0303. The van der Waals surface area contributed by atoms with E-state index in [1.165, 1.54) is 18.6 Å². The summed E-state index contributed by atoms with van der Waals surface area (Å²) in [5, 5.41) is 0.688. The normalized spacial score (nSPS) is 14.1. The summed E-state index contributed by atoms with van der Waals surface area (Å²) in [5.74, 6) is -1.31. The molecule has 1 aliphatic heterocycles. The number of amides is 1. The average Bonchev–Trinajstić information content (AvgIpc) is 3.26. The molecule has 0 spiro atoms. The van der Waals surface area contributed by atoms with Crippen molar-refractivity contribution >= 4 is 34.4 Å². The first kappa shape index (κ1) is 21.3. The van der Waals surface area contributed by atoms with E-state index in [0.717, 1.165) is 18.2 Å². The predicted molar refractivity (Wildman–Crippen MR) is 121 cm³/mol. The van der Waals surface area contributed by atoms with Crippen molar-refractivity contribution in [2.75, 3.05) is 32.0 Å². The van der Waals surface area contributed by atoms with Crippen molar-refractivity contribution < 1.29 is 18.3 Å². The second-order valence-electron chi connectivity index (χ2n) is 7.60. The van der Waals surface area contributed by atoms with E-state index in [4.69, 9.17) is 22.1 Å². The standard InChI is InChI=1S/C23H18ClF2N5O2/c24-20-16(12-7-15(21(27)28-9-12)23(32)31-3-5-33-6-4-31)10-29-22-19(20)17(11-30-22)14-8-13(25)1-2-18(14)26/h1-2,7-11H,3-6H2,(H2,27,28)(H,29,30). The van der Waals surface area contributed by atoms with Gasteiger partial charge in [-0.05, 0) is 24.3 Å². The second-order valence-corrected chi connectivity index (χ2v) is 7.98. The van der Waals surface area contributed by atoms with Gasteiger partial charge in [-0.25, -0.2) is 18.7 Å². The van der Waals surface area contributed by atoms with Crippen LogP contribution in [0.25, 0.3) is 33.3 Å². The number of nitrogens with one attached hydrogen (secondary N) is 1. The minimum Gasteiger partial charge on any atom is -0.383 e. The maximum absolute atomic E-state index is 14.5. The van der Waals surface area contributed by atoms with Crippen LogP contribution in [0.5, 0.6) is 0 Å². The molecule has 3 N–H and O–H groups in total. The Morgan fingerprint density at radius 2 is 1.88 bits per heavy atom. The lowest BCUT2D eigenvalue weighted by atomic mass is 10.0. The number of rotatable bonds is 3. The molecule has 168 valence electrons. The number of nitrogens with zero attached hydrogens (tertiary/aromatic N) is 3. The first-order chi connectivity index (χ1) is 15.9. The number of hydrogen-bond donors (Lipinski definition) is 2. The summed E-state index contributed by atoms with van der Waals surface area (Å²) in [4.78, 5) is 26.1. The van der Waals surface area contributed by atoms with Gasteiger partial charge in [-0.2, -0.15) is 0 Å². The van der Waals surface area contributed by atoms with Crippen LogP contribution < -0.4 is 5.73 Å². The Kier molecular flexibility index (Phi) is 5.43. The van der Waals surface area contributed by atoms with Gasteiger partial charge in [0.05, 0.1) is 23.8 Å². The van der Waals surface area contributed by atoms with Crippen LogP contribution in [0.2, 0.25) is 5.02 Å². The summed E-state index contributed by atoms with van der Waals surface area (Å²) in [7, 11) is 0. The highest BCUT2D eigenvalue weighted by atomic mass is 35.5. The lowest BCUT2D eigenvalue weighted by Crippen LogP contribution is -2.41. The number of fused-ring (bicyclic) bond motifs is 1. The zero-order valence-electron chi connectivity index (χ0n) is 17.2. The van der Waals surface area contributed by atoms with Gasteiger partial charge in [0.15, 0.2) is 0 Å². The number of H-pyrrole nitrogens is 1. The van der Waals surface area contributed by atoms with Crippen LogP contribution in [0.4, 0.5) is 14.6 Å². The Morgan fingerprint density at radius 1 is 1.09 bits per heavy atom. The number of ether oxygens (including phenoxy) is 1. The Labute approximate surface area is 192 Å². The molecule has 1 amide bonds. The van der Waals surface area contributed by atoms with Crippen LogP contribution in [0.3, 0.4) is 0 Å². The van der Waals surface area contributed by atoms with Crippen LogP contribution in [0.1, 0.15) is 10.4 Å². The Morgan fingerprint density at radius 3 is 2.67 bits per heavy atom. The fraction of sp³-hybridized carbons (Fsp3) is 0.174. The van der Waals surface area contributed by atoms with Gasteiger partial charge < -0.3 is 20.4 Å². The molecule has 0 unspecified atom stereocenters. The number of morpholine rings is 1. The number of carbonyl (C=O) groups is 1. The Hall–Kier alpha value is -3.56. The van der Waals surface area contributed by atoms with Crippen molar-refractivity contribution in [3.05, 3.63) is 65.1 Å². The van der Waals surface area contributed by atoms with Gasteiger partial charge in [0.2, 0.25) is 0 Å². The fourth-order valence-electron chi connectivity index (χ4n) is 3.91. The van der Waals surface area contributed by atoms with E-state index in [0.29, 0.717) is 54.0 Å². The molecular formula is C23H18ClF2N5O2. The first-order valence-corrected chi connectivity index (χ1v) is 10.6. The maximum Gasteiger partial charge on any atom is 0.257 e. The van der Waals surface area contributed by atoms with Gasteiger partial charge in [-0.1, -0.05) is 11.6 Å². The molecule has 4 heterocycles. The molecule has 1 saturated heterocycles. The SMILES string of the molecule is Nc1ncc(-c2cnc3[nH]cc(-c4cc(F)ccc4F)c3c2Cl)cc1C(=O)N1CCOCC1. The zero-order chi connectivity index (χ0) is 23.1. The van der Waals surface area contributed by atoms with Crippen molar-refractivity contribution in [2.45, 2.75) is 0 Å². The maximum atomic E-state index is 14.5. The summed E-state index contributed by atoms with van der Waals surface area (Å²) in [6.07, 6.45) is 4.55. The number of pyridine rings is 2. The van der Waals surface area contributed by atoms with Gasteiger partial charge in [0, 0.05) is 59.3 Å². The third kappa shape index (κ3) is 3.79. The molecule has 0 bridgehead atoms. The molecule has 0 saturated carbocycles. The fourth-order valence-corrected chi connectivity index (χ4v) is 4.25. The smallest absolute Gasteiger partial charge is 0.257 e. The van der Waals surface area contributed by atoms with E-state index in [9.17, 15) is 13.6 Å². The van der Waals surface area contributed by atoms with Crippen molar-refractivity contribution in [3.63, 3.8) is 0 Å². The number of aromatic amines is 1. The van der Waals surface area contributed by atoms with E-state index < -0.39 is 11.6 Å². The topological polar surface area (TPSA) is 97.1 Å². The zero-order valence-corrected chi connectivity index (χ0v) is 18.0. The number of carbonyl (C=O) groups excluding carboxylic acids is 1. The Balaban J connectivity index is 1.62. The molecular weight excluding hydrogens is 452 g/mol. The summed E-state index contributed by atoms with van der Waals surface area (Å²) >= 11 is 6.74. The molecule has 7 nitrogen and oxygen atoms in total. The highest BCUT2D eigenvalue weighted by Gasteiger charge is 2.23. The number of aromatic nitrogens is 3. The summed E-state index contributed by atoms with van der Waals surface area (Å²) in [6, 6.07) is 4.82. The molecule has 1 aliphatic rings. The highest BCUT2D eigenvalue weighted by molar-refractivity contribution is 6.39. The second kappa shape index (κ2) is 8.42. The van der Waals surface area contributed by atoms with Crippen LogP contribution in [0.15, 0.2) is 42.9 Å². The summed E-state index contributed by atoms with van der Waals surface area (Å²) < 4.78 is 33.6. The molecule has 0 radical (unpaired) electrons. The minimum absolute atomic E-state index is 0.0562. The van der Waals surface area contributed by atoms with Gasteiger partial charge in [-0.15, -0.1) is 0 Å². The number of benzene rings is 1. The minimum atomic E-state index is -0.591. The summed E-state index contributed by atoms with van der Waals surface area (Å²) in [6.45, 7) is 1.83. The predicted octanol–water partition coefficient (Wildman–Crippen LogP) is 4.28. The molecule has 1 aromatic carbocycles. The largest absolute Gasteiger partial charge is 0.383 e. The molecule has 4 aromatic rings. The van der Waals surface area contributed by atoms with Gasteiger partial charge in [0.25, 0.3) is 5.91 Å².